The second-order valence-corrected chi connectivity index (χ2v) is 9.97. The van der Waals surface area contributed by atoms with Gasteiger partial charge in [-0.05, 0) is 60.0 Å². The summed E-state index contributed by atoms with van der Waals surface area (Å²) in [6.07, 6.45) is 3.27. The molecule has 0 aromatic heterocycles. The number of ether oxygens (including phenoxy) is 2. The number of carbonyl (C=O) groups is 2. The van der Waals surface area contributed by atoms with Crippen molar-refractivity contribution in [1.82, 2.24) is 9.80 Å². The van der Waals surface area contributed by atoms with Crippen molar-refractivity contribution in [2.24, 2.45) is 5.73 Å². The fraction of sp³-hybridized carbons (Fsp3) is 0.290. The number of hydrogen-bond donors (Lipinski definition) is 3. The number of benzene rings is 3. The Morgan fingerprint density at radius 1 is 1.07 bits per heavy atom. The third-order valence-corrected chi connectivity index (χ3v) is 6.59. The van der Waals surface area contributed by atoms with E-state index in [4.69, 9.17) is 15.2 Å². The van der Waals surface area contributed by atoms with Crippen LogP contribution in [0.5, 0.6) is 17.2 Å². The fourth-order valence-corrected chi connectivity index (χ4v) is 4.63. The van der Waals surface area contributed by atoms with Gasteiger partial charge in [-0.1, -0.05) is 36.4 Å². The van der Waals surface area contributed by atoms with Crippen molar-refractivity contribution in [3.05, 3.63) is 95.6 Å². The third kappa shape index (κ3) is 7.62. The van der Waals surface area contributed by atoms with Gasteiger partial charge in [-0.3, -0.25) is 14.5 Å². The minimum Gasteiger partial charge on any atom is -0.507 e. The molecule has 0 radical (unpaired) electrons. The van der Waals surface area contributed by atoms with E-state index in [-0.39, 0.29) is 30.4 Å². The first-order valence-corrected chi connectivity index (χ1v) is 13.1. The summed E-state index contributed by atoms with van der Waals surface area (Å²) >= 11 is 0. The molecule has 1 heterocycles. The SMILES string of the molecule is CN1C(=O)CCC=C1c1ccc(OC(C)(O)CN(CCOc2ccc(O)c(C(N)=O)c2)Cc2ccccc2)cc1. The maximum absolute atomic E-state index is 12.1. The Bertz CT molecular complexity index is 1360. The Morgan fingerprint density at radius 3 is 2.48 bits per heavy atom. The van der Waals surface area contributed by atoms with Crippen molar-refractivity contribution < 1.29 is 29.3 Å². The minimum atomic E-state index is -1.52. The number of nitrogens with zero attached hydrogens (tertiary/aromatic N) is 2. The van der Waals surface area contributed by atoms with E-state index in [0.717, 1.165) is 16.8 Å². The molecule has 0 spiro atoms. The number of rotatable bonds is 12. The summed E-state index contributed by atoms with van der Waals surface area (Å²) in [5.41, 5.74) is 8.12. The standard InChI is InChI=1S/C31H35N3O6/c1-31(38,40-24-13-11-23(12-14-24)27-9-6-10-29(36)33(27)2)21-34(20-22-7-4-3-5-8-22)17-18-39-25-15-16-28(35)26(19-25)30(32)37/h3-5,7-9,11-16,19,35,38H,6,10,17-18,20-21H2,1-2H3,(H2,32,37). The molecule has 1 unspecified atom stereocenters. The Morgan fingerprint density at radius 2 is 1.77 bits per heavy atom. The second-order valence-electron chi connectivity index (χ2n) is 9.97. The zero-order valence-corrected chi connectivity index (χ0v) is 22.7. The molecule has 9 heteroatoms. The van der Waals surface area contributed by atoms with Crippen molar-refractivity contribution in [2.75, 3.05) is 26.7 Å². The van der Waals surface area contributed by atoms with Crippen molar-refractivity contribution in [2.45, 2.75) is 32.1 Å². The molecule has 1 aliphatic heterocycles. The molecule has 1 aliphatic rings. The van der Waals surface area contributed by atoms with Crippen LogP contribution >= 0.6 is 0 Å². The number of primary amides is 1. The predicted octanol–water partition coefficient (Wildman–Crippen LogP) is 3.75. The van der Waals surface area contributed by atoms with Crippen LogP contribution in [0.25, 0.3) is 5.70 Å². The van der Waals surface area contributed by atoms with Crippen LogP contribution in [-0.4, -0.2) is 64.4 Å². The van der Waals surface area contributed by atoms with Crippen LogP contribution in [-0.2, 0) is 11.3 Å². The van der Waals surface area contributed by atoms with Crippen molar-refractivity contribution in [3.8, 4) is 17.2 Å². The van der Waals surface area contributed by atoms with Crippen LogP contribution in [0, 0.1) is 0 Å². The Labute approximate surface area is 234 Å². The number of amides is 2. The molecular formula is C31H35N3O6. The average Bonchev–Trinajstić information content (AvgIpc) is 2.91. The Kier molecular flexibility index (Phi) is 9.08. The lowest BCUT2D eigenvalue weighted by molar-refractivity contribution is -0.139. The zero-order chi connectivity index (χ0) is 28.7. The molecule has 3 aromatic carbocycles. The van der Waals surface area contributed by atoms with Gasteiger partial charge in [-0.15, -0.1) is 0 Å². The van der Waals surface area contributed by atoms with Gasteiger partial charge < -0.3 is 30.3 Å². The van der Waals surface area contributed by atoms with Gasteiger partial charge in [0.1, 0.15) is 23.9 Å². The third-order valence-electron chi connectivity index (χ3n) is 6.59. The van der Waals surface area contributed by atoms with Gasteiger partial charge in [-0.25, -0.2) is 0 Å². The molecule has 2 amide bonds. The zero-order valence-electron chi connectivity index (χ0n) is 22.7. The molecule has 0 saturated carbocycles. The highest BCUT2D eigenvalue weighted by atomic mass is 16.6. The number of nitrogens with two attached hydrogens (primary N) is 1. The van der Waals surface area contributed by atoms with Crippen LogP contribution < -0.4 is 15.2 Å². The monoisotopic (exact) mass is 545 g/mol. The van der Waals surface area contributed by atoms with E-state index >= 15 is 0 Å². The van der Waals surface area contributed by atoms with E-state index < -0.39 is 11.7 Å². The van der Waals surface area contributed by atoms with Crippen LogP contribution in [0.3, 0.4) is 0 Å². The smallest absolute Gasteiger partial charge is 0.252 e. The highest BCUT2D eigenvalue weighted by Gasteiger charge is 2.27. The summed E-state index contributed by atoms with van der Waals surface area (Å²) in [6, 6.07) is 21.5. The van der Waals surface area contributed by atoms with E-state index in [0.29, 0.717) is 37.4 Å². The topological polar surface area (TPSA) is 126 Å². The van der Waals surface area contributed by atoms with Gasteiger partial charge >= 0.3 is 0 Å². The normalized spacial score (nSPS) is 14.9. The molecule has 4 N–H and O–H groups in total. The van der Waals surface area contributed by atoms with E-state index in [1.54, 1.807) is 37.1 Å². The summed E-state index contributed by atoms with van der Waals surface area (Å²) < 4.78 is 11.8. The van der Waals surface area contributed by atoms with Crippen LogP contribution in [0.2, 0.25) is 0 Å². The first-order valence-electron chi connectivity index (χ1n) is 13.1. The van der Waals surface area contributed by atoms with Gasteiger partial charge in [0, 0.05) is 39.2 Å². The molecule has 0 saturated heterocycles. The van der Waals surface area contributed by atoms with Gasteiger partial charge in [0.15, 0.2) is 0 Å². The molecule has 3 aromatic rings. The molecular weight excluding hydrogens is 510 g/mol. The van der Waals surface area contributed by atoms with Gasteiger partial charge in [0.05, 0.1) is 12.1 Å². The first kappa shape index (κ1) is 28.7. The minimum absolute atomic E-state index is 0.0148. The molecule has 210 valence electrons. The lowest BCUT2D eigenvalue weighted by Crippen LogP contribution is -2.46. The lowest BCUT2D eigenvalue weighted by atomic mass is 10.0. The molecule has 9 nitrogen and oxygen atoms in total. The molecule has 4 rings (SSSR count). The fourth-order valence-electron chi connectivity index (χ4n) is 4.63. The predicted molar refractivity (Wildman–Crippen MR) is 152 cm³/mol. The van der Waals surface area contributed by atoms with Gasteiger partial charge in [0.2, 0.25) is 11.7 Å². The molecule has 0 aliphatic carbocycles. The number of phenols is 1. The average molecular weight is 546 g/mol. The summed E-state index contributed by atoms with van der Waals surface area (Å²) in [5.74, 6) is -1.49. The number of carbonyl (C=O) groups excluding carboxylic acids is 2. The van der Waals surface area contributed by atoms with Crippen molar-refractivity contribution in [1.29, 1.82) is 0 Å². The van der Waals surface area contributed by atoms with Gasteiger partial charge in [0.25, 0.3) is 5.91 Å². The van der Waals surface area contributed by atoms with Crippen molar-refractivity contribution in [3.63, 3.8) is 0 Å². The maximum Gasteiger partial charge on any atom is 0.252 e. The largest absolute Gasteiger partial charge is 0.507 e. The lowest BCUT2D eigenvalue weighted by Gasteiger charge is -2.32. The number of allylic oxidation sites excluding steroid dienone is 1. The van der Waals surface area contributed by atoms with E-state index in [1.165, 1.54) is 12.1 Å². The summed E-state index contributed by atoms with van der Waals surface area (Å²) in [7, 11) is 1.77. The second kappa shape index (κ2) is 12.7. The van der Waals surface area contributed by atoms with Gasteiger partial charge in [-0.2, -0.15) is 0 Å². The highest BCUT2D eigenvalue weighted by Crippen LogP contribution is 2.27. The molecule has 0 bridgehead atoms. The first-order chi connectivity index (χ1) is 19.1. The highest BCUT2D eigenvalue weighted by molar-refractivity contribution is 5.95. The molecule has 1 atom stereocenters. The molecule has 0 fully saturated rings. The van der Waals surface area contributed by atoms with Crippen molar-refractivity contribution >= 4 is 17.5 Å². The van der Waals surface area contributed by atoms with E-state index in [9.17, 15) is 19.8 Å². The summed E-state index contributed by atoms with van der Waals surface area (Å²) in [4.78, 5) is 27.3. The Hall–Kier alpha value is -4.34. The summed E-state index contributed by atoms with van der Waals surface area (Å²) in [6.45, 7) is 3.02. The maximum atomic E-state index is 12.1. The number of hydrogen-bond acceptors (Lipinski definition) is 7. The quantitative estimate of drug-likeness (QED) is 0.296. The number of aliphatic hydroxyl groups is 1. The van der Waals surface area contributed by atoms with Crippen LogP contribution in [0.15, 0.2) is 78.9 Å². The van der Waals surface area contributed by atoms with Crippen LogP contribution in [0.1, 0.15) is 41.3 Å². The molecule has 40 heavy (non-hydrogen) atoms. The summed E-state index contributed by atoms with van der Waals surface area (Å²) in [5, 5.41) is 21.0. The Balaban J connectivity index is 1.41. The number of aromatic hydroxyl groups is 1. The van der Waals surface area contributed by atoms with E-state index in [1.807, 2.05) is 53.4 Å². The van der Waals surface area contributed by atoms with Crippen LogP contribution in [0.4, 0.5) is 0 Å². The van der Waals surface area contributed by atoms with E-state index in [2.05, 4.69) is 0 Å².